The average Bonchev–Trinajstić information content (AvgIpc) is 3.44. The second kappa shape index (κ2) is 8.44. The van der Waals surface area contributed by atoms with Gasteiger partial charge >= 0.3 is 0 Å². The van der Waals surface area contributed by atoms with Crippen LogP contribution in [0.5, 0.6) is 5.75 Å². The fourth-order valence-corrected chi connectivity index (χ4v) is 4.91. The van der Waals surface area contributed by atoms with Crippen LogP contribution in [0, 0.1) is 5.92 Å². The van der Waals surface area contributed by atoms with Crippen molar-refractivity contribution in [2.75, 3.05) is 18.1 Å². The van der Waals surface area contributed by atoms with Crippen LogP contribution < -0.4 is 19.7 Å². The first-order valence-electron chi connectivity index (χ1n) is 11.1. The van der Waals surface area contributed by atoms with Crippen molar-refractivity contribution < 1.29 is 9.53 Å². The highest BCUT2D eigenvalue weighted by Gasteiger charge is 2.33. The summed E-state index contributed by atoms with van der Waals surface area (Å²) in [6.07, 6.45) is 0.831. The Kier molecular flexibility index (Phi) is 5.46. The molecule has 4 aromatic rings. The lowest BCUT2D eigenvalue weighted by Crippen LogP contribution is -2.32. The van der Waals surface area contributed by atoms with Gasteiger partial charge in [-0.25, -0.2) is 0 Å². The Morgan fingerprint density at radius 2 is 1.82 bits per heavy atom. The van der Waals surface area contributed by atoms with Crippen molar-refractivity contribution in [1.29, 1.82) is 0 Å². The lowest BCUT2D eigenvalue weighted by atomic mass is 10.1. The second-order valence-corrected chi connectivity index (χ2v) is 9.42. The molecule has 2 aromatic heterocycles. The van der Waals surface area contributed by atoms with E-state index >= 15 is 0 Å². The van der Waals surface area contributed by atoms with Gasteiger partial charge in [0.15, 0.2) is 5.82 Å². The normalized spacial score (nSPS) is 15.0. The third kappa shape index (κ3) is 3.70. The van der Waals surface area contributed by atoms with Crippen LogP contribution >= 0.6 is 11.3 Å². The molecule has 168 valence electrons. The number of hydrogen-bond donors (Lipinski definition) is 0. The zero-order valence-corrected chi connectivity index (χ0v) is 19.6. The molecule has 0 unspecified atom stereocenters. The fourth-order valence-electron chi connectivity index (χ4n) is 3.92. The summed E-state index contributed by atoms with van der Waals surface area (Å²) in [4.78, 5) is 33.2. The Bertz CT molecular complexity index is 1450. The van der Waals surface area contributed by atoms with Gasteiger partial charge < -0.3 is 9.64 Å². The quantitative estimate of drug-likeness (QED) is 0.440. The number of benzene rings is 2. The minimum Gasteiger partial charge on any atom is -0.493 e. The van der Waals surface area contributed by atoms with Crippen LogP contribution in [0.3, 0.4) is 0 Å². The smallest absolute Gasteiger partial charge is 0.291 e. The number of nitrogens with zero attached hydrogens (tertiary/aromatic N) is 4. The molecular weight excluding hydrogens is 436 g/mol. The number of amides is 1. The van der Waals surface area contributed by atoms with Gasteiger partial charge in [-0.15, -0.1) is 5.10 Å². The van der Waals surface area contributed by atoms with E-state index in [0.29, 0.717) is 40.0 Å². The highest BCUT2D eigenvalue weighted by Crippen LogP contribution is 2.35. The standard InChI is InChI=1S/C25H24N4O3S/c1-4-13-28-19-8-6-5-7-18(19)20(23(28)30)21-24(31)29-25(33-21)26-22(27-29)16-9-11-17(12-10-16)32-14-15(2)3/h5-12,15H,4,13-14H2,1-3H3/b21-20-. The summed E-state index contributed by atoms with van der Waals surface area (Å²) in [7, 11) is 0. The number of rotatable bonds is 6. The van der Waals surface area contributed by atoms with Crippen LogP contribution in [0.2, 0.25) is 0 Å². The monoisotopic (exact) mass is 460 g/mol. The molecule has 1 aliphatic rings. The molecule has 0 radical (unpaired) electrons. The molecule has 8 heteroatoms. The van der Waals surface area contributed by atoms with Crippen molar-refractivity contribution in [2.45, 2.75) is 27.2 Å². The largest absolute Gasteiger partial charge is 0.493 e. The van der Waals surface area contributed by atoms with E-state index in [2.05, 4.69) is 23.9 Å². The maximum atomic E-state index is 13.2. The van der Waals surface area contributed by atoms with Crippen molar-refractivity contribution in [1.82, 2.24) is 14.6 Å². The van der Waals surface area contributed by atoms with E-state index in [9.17, 15) is 9.59 Å². The van der Waals surface area contributed by atoms with Crippen LogP contribution in [0.1, 0.15) is 32.8 Å². The second-order valence-electron chi connectivity index (χ2n) is 8.44. The Morgan fingerprint density at radius 3 is 2.52 bits per heavy atom. The van der Waals surface area contributed by atoms with Gasteiger partial charge in [-0.3, -0.25) is 9.59 Å². The van der Waals surface area contributed by atoms with Gasteiger partial charge in [-0.2, -0.15) is 9.50 Å². The highest BCUT2D eigenvalue weighted by molar-refractivity contribution is 7.15. The van der Waals surface area contributed by atoms with Crippen LogP contribution in [-0.4, -0.2) is 33.7 Å². The molecule has 0 N–H and O–H groups in total. The molecule has 0 spiro atoms. The molecule has 0 saturated carbocycles. The average molecular weight is 461 g/mol. The number of carbonyl (C=O) groups is 1. The predicted octanol–water partition coefficient (Wildman–Crippen LogP) is 3.53. The Hall–Kier alpha value is -3.52. The van der Waals surface area contributed by atoms with Crippen LogP contribution in [-0.2, 0) is 4.79 Å². The third-order valence-corrected chi connectivity index (χ3v) is 6.48. The van der Waals surface area contributed by atoms with Crippen molar-refractivity contribution in [3.05, 3.63) is 69.0 Å². The molecule has 33 heavy (non-hydrogen) atoms. The van der Waals surface area contributed by atoms with Gasteiger partial charge in [0.05, 0.1) is 17.9 Å². The minimum absolute atomic E-state index is 0.142. The summed E-state index contributed by atoms with van der Waals surface area (Å²) < 4.78 is 7.40. The molecule has 0 bridgehead atoms. The maximum absolute atomic E-state index is 13.2. The van der Waals surface area contributed by atoms with E-state index in [1.165, 1.54) is 15.9 Å². The number of para-hydroxylation sites is 1. The van der Waals surface area contributed by atoms with E-state index in [1.54, 1.807) is 4.90 Å². The molecule has 0 atom stereocenters. The maximum Gasteiger partial charge on any atom is 0.291 e. The summed E-state index contributed by atoms with van der Waals surface area (Å²) in [6, 6.07) is 15.1. The number of aromatic nitrogens is 3. The van der Waals surface area contributed by atoms with E-state index < -0.39 is 0 Å². The number of anilines is 1. The van der Waals surface area contributed by atoms with E-state index in [0.717, 1.165) is 29.0 Å². The highest BCUT2D eigenvalue weighted by atomic mass is 32.1. The minimum atomic E-state index is -0.317. The SMILES string of the molecule is CCCN1C(=O)/C(=c2\sc3nc(-c4ccc(OCC(C)C)cc4)nn3c2=O)c2ccccc21. The van der Waals surface area contributed by atoms with Crippen LogP contribution in [0.15, 0.2) is 53.3 Å². The Morgan fingerprint density at radius 1 is 1.06 bits per heavy atom. The predicted molar refractivity (Wildman–Crippen MR) is 130 cm³/mol. The van der Waals surface area contributed by atoms with E-state index in [-0.39, 0.29) is 11.5 Å². The third-order valence-electron chi connectivity index (χ3n) is 5.45. The Labute approximate surface area is 194 Å². The summed E-state index contributed by atoms with van der Waals surface area (Å²) in [5, 5.41) is 4.44. The molecule has 1 aliphatic heterocycles. The molecular formula is C25H24N4O3S. The van der Waals surface area contributed by atoms with Crippen molar-refractivity contribution >= 4 is 33.5 Å². The van der Waals surface area contributed by atoms with Gasteiger partial charge in [0.2, 0.25) is 4.96 Å². The fraction of sp³-hybridized carbons (Fsp3) is 0.280. The van der Waals surface area contributed by atoms with Crippen LogP contribution in [0.25, 0.3) is 21.9 Å². The van der Waals surface area contributed by atoms with E-state index in [1.807, 2.05) is 55.5 Å². The van der Waals surface area contributed by atoms with Gasteiger partial charge in [0.1, 0.15) is 10.3 Å². The van der Waals surface area contributed by atoms with Gasteiger partial charge in [0, 0.05) is 17.7 Å². The molecule has 3 heterocycles. The zero-order valence-electron chi connectivity index (χ0n) is 18.7. The van der Waals surface area contributed by atoms with Gasteiger partial charge in [0.25, 0.3) is 11.5 Å². The summed E-state index contributed by atoms with van der Waals surface area (Å²) in [5.41, 5.74) is 2.55. The summed E-state index contributed by atoms with van der Waals surface area (Å²) >= 11 is 1.21. The Balaban J connectivity index is 1.55. The lowest BCUT2D eigenvalue weighted by Gasteiger charge is -2.15. The van der Waals surface area contributed by atoms with Crippen molar-refractivity contribution in [2.24, 2.45) is 5.92 Å². The zero-order chi connectivity index (χ0) is 23.1. The first-order chi connectivity index (χ1) is 16.0. The first-order valence-corrected chi connectivity index (χ1v) is 11.9. The summed E-state index contributed by atoms with van der Waals surface area (Å²) in [6.45, 7) is 7.48. The molecule has 0 aliphatic carbocycles. The molecule has 5 rings (SSSR count). The van der Waals surface area contributed by atoms with Crippen LogP contribution in [0.4, 0.5) is 5.69 Å². The molecule has 2 aromatic carbocycles. The first kappa shape index (κ1) is 21.3. The van der Waals surface area contributed by atoms with E-state index in [4.69, 9.17) is 4.74 Å². The molecule has 7 nitrogen and oxygen atoms in total. The summed E-state index contributed by atoms with van der Waals surface area (Å²) in [5.74, 6) is 1.56. The number of carbonyl (C=O) groups excluding carboxylic acids is 1. The van der Waals surface area contributed by atoms with Crippen molar-refractivity contribution in [3.63, 3.8) is 0 Å². The van der Waals surface area contributed by atoms with Gasteiger partial charge in [-0.1, -0.05) is 50.3 Å². The molecule has 0 fully saturated rings. The number of thiazole rings is 1. The number of hydrogen-bond acceptors (Lipinski definition) is 6. The lowest BCUT2D eigenvalue weighted by molar-refractivity contribution is -0.113. The molecule has 1 amide bonds. The molecule has 0 saturated heterocycles. The number of ether oxygens (including phenoxy) is 1. The van der Waals surface area contributed by atoms with Gasteiger partial charge in [-0.05, 0) is 42.7 Å². The number of fused-ring (bicyclic) bond motifs is 2. The van der Waals surface area contributed by atoms with Crippen molar-refractivity contribution in [3.8, 4) is 17.1 Å². The topological polar surface area (TPSA) is 76.8 Å².